The summed E-state index contributed by atoms with van der Waals surface area (Å²) in [7, 11) is 1.92. The van der Waals surface area contributed by atoms with Crippen LogP contribution in [-0.2, 0) is 0 Å². The molecule has 0 aliphatic carbocycles. The number of carbonyl (C=O) groups is 1. The predicted molar refractivity (Wildman–Crippen MR) is 75.2 cm³/mol. The Morgan fingerprint density at radius 2 is 2.15 bits per heavy atom. The molecule has 0 atom stereocenters. The second-order valence-electron chi connectivity index (χ2n) is 4.69. The van der Waals surface area contributed by atoms with E-state index in [1.165, 1.54) is 12.1 Å². The number of hydrogen-bond acceptors (Lipinski definition) is 5. The van der Waals surface area contributed by atoms with Gasteiger partial charge in [-0.05, 0) is 38.4 Å². The van der Waals surface area contributed by atoms with Crippen molar-refractivity contribution in [2.75, 3.05) is 26.7 Å². The molecule has 20 heavy (non-hydrogen) atoms. The maximum absolute atomic E-state index is 12.1. The van der Waals surface area contributed by atoms with Crippen molar-refractivity contribution in [3.8, 4) is 0 Å². The Morgan fingerprint density at radius 1 is 1.50 bits per heavy atom. The van der Waals surface area contributed by atoms with Crippen LogP contribution in [0.4, 0.5) is 5.88 Å². The molecule has 1 aliphatic rings. The summed E-state index contributed by atoms with van der Waals surface area (Å²) in [6.07, 6.45) is 1.88. The number of nitro groups is 1. The summed E-state index contributed by atoms with van der Waals surface area (Å²) in [5.41, 5.74) is 0. The van der Waals surface area contributed by atoms with E-state index in [0.717, 1.165) is 19.4 Å². The van der Waals surface area contributed by atoms with E-state index in [-0.39, 0.29) is 24.1 Å². The summed E-state index contributed by atoms with van der Waals surface area (Å²) < 4.78 is 4.93. The lowest BCUT2D eigenvalue weighted by Crippen LogP contribution is -2.40. The van der Waals surface area contributed by atoms with Crippen molar-refractivity contribution >= 4 is 24.2 Å². The predicted octanol–water partition coefficient (Wildman–Crippen LogP) is 1.68. The minimum absolute atomic E-state index is 0. The Balaban J connectivity index is 0.00000200. The highest BCUT2D eigenvalue weighted by atomic mass is 35.5. The first kappa shape index (κ1) is 16.5. The molecule has 0 unspecified atom stereocenters. The van der Waals surface area contributed by atoms with Gasteiger partial charge in [-0.25, -0.2) is 0 Å². The summed E-state index contributed by atoms with van der Waals surface area (Å²) in [6.45, 7) is 2.29. The lowest BCUT2D eigenvalue weighted by atomic mass is 9.97. The Bertz CT molecular complexity index is 469. The van der Waals surface area contributed by atoms with Crippen LogP contribution in [0, 0.1) is 16.0 Å². The van der Waals surface area contributed by atoms with E-state index in [2.05, 4.69) is 5.32 Å². The number of halogens is 1. The minimum atomic E-state index is -0.643. The number of hydrogen-bond donors (Lipinski definition) is 1. The molecule has 1 fully saturated rings. The van der Waals surface area contributed by atoms with Crippen LogP contribution in [0.15, 0.2) is 16.5 Å². The van der Waals surface area contributed by atoms with Gasteiger partial charge in [0, 0.05) is 13.1 Å². The Morgan fingerprint density at radius 3 is 2.65 bits per heavy atom. The Labute approximate surface area is 122 Å². The molecule has 2 heterocycles. The summed E-state index contributed by atoms with van der Waals surface area (Å²) in [5.74, 6) is -0.0387. The van der Waals surface area contributed by atoms with Crippen LogP contribution in [-0.4, -0.2) is 42.4 Å². The van der Waals surface area contributed by atoms with Crippen molar-refractivity contribution in [1.29, 1.82) is 0 Å². The highest BCUT2D eigenvalue weighted by Gasteiger charge is 2.26. The average Bonchev–Trinajstić information content (AvgIpc) is 2.89. The molecule has 0 bridgehead atoms. The number of amides is 1. The van der Waals surface area contributed by atoms with Gasteiger partial charge in [-0.2, -0.15) is 0 Å². The maximum Gasteiger partial charge on any atom is 0.433 e. The van der Waals surface area contributed by atoms with Crippen molar-refractivity contribution < 1.29 is 14.1 Å². The smallest absolute Gasteiger partial charge is 0.395 e. The second kappa shape index (κ2) is 7.25. The highest BCUT2D eigenvalue weighted by Crippen LogP contribution is 2.21. The lowest BCUT2D eigenvalue weighted by molar-refractivity contribution is -0.402. The first-order valence-electron chi connectivity index (χ1n) is 6.30. The first-order chi connectivity index (χ1) is 9.11. The number of piperidine rings is 1. The molecule has 2 rings (SSSR count). The molecule has 112 valence electrons. The summed E-state index contributed by atoms with van der Waals surface area (Å²) in [6, 6.07) is 2.57. The zero-order valence-corrected chi connectivity index (χ0v) is 12.0. The largest absolute Gasteiger partial charge is 0.433 e. The molecule has 0 saturated carbocycles. The van der Waals surface area contributed by atoms with Crippen LogP contribution in [0.2, 0.25) is 0 Å². The SMILES string of the molecule is CNCC1CCN(C(=O)c2ccc([N+](=O)[O-])o2)CC1.Cl. The van der Waals surface area contributed by atoms with E-state index < -0.39 is 10.8 Å². The third-order valence-corrected chi connectivity index (χ3v) is 3.38. The van der Waals surface area contributed by atoms with Gasteiger partial charge in [0.2, 0.25) is 0 Å². The molecule has 1 aromatic heterocycles. The number of furan rings is 1. The van der Waals surface area contributed by atoms with Crippen LogP contribution in [0.3, 0.4) is 0 Å². The standard InChI is InChI=1S/C12H17N3O4.ClH/c1-13-8-9-4-6-14(7-5-9)12(16)10-2-3-11(19-10)15(17)18;/h2-3,9,13H,4-8H2,1H3;1H. The van der Waals surface area contributed by atoms with Crippen molar-refractivity contribution in [3.63, 3.8) is 0 Å². The molecule has 8 heteroatoms. The quantitative estimate of drug-likeness (QED) is 0.675. The molecule has 7 nitrogen and oxygen atoms in total. The van der Waals surface area contributed by atoms with Gasteiger partial charge in [0.1, 0.15) is 4.92 Å². The van der Waals surface area contributed by atoms with Crippen molar-refractivity contribution in [3.05, 3.63) is 28.0 Å². The number of nitrogens with one attached hydrogen (secondary N) is 1. The van der Waals surface area contributed by atoms with E-state index in [0.29, 0.717) is 19.0 Å². The van der Waals surface area contributed by atoms with E-state index in [4.69, 9.17) is 4.42 Å². The minimum Gasteiger partial charge on any atom is -0.395 e. The summed E-state index contributed by atoms with van der Waals surface area (Å²) >= 11 is 0. The first-order valence-corrected chi connectivity index (χ1v) is 6.30. The van der Waals surface area contributed by atoms with Gasteiger partial charge >= 0.3 is 5.88 Å². The topological polar surface area (TPSA) is 88.6 Å². The lowest BCUT2D eigenvalue weighted by Gasteiger charge is -2.31. The third kappa shape index (κ3) is 3.71. The van der Waals surface area contributed by atoms with Gasteiger partial charge in [0.15, 0.2) is 5.76 Å². The molecule has 1 amide bonds. The van der Waals surface area contributed by atoms with Crippen LogP contribution in [0.1, 0.15) is 23.4 Å². The van der Waals surface area contributed by atoms with E-state index in [9.17, 15) is 14.9 Å². The fraction of sp³-hybridized carbons (Fsp3) is 0.583. The normalized spacial score (nSPS) is 15.8. The summed E-state index contributed by atoms with van der Waals surface area (Å²) in [5, 5.41) is 13.6. The van der Waals surface area contributed by atoms with Crippen LogP contribution >= 0.6 is 12.4 Å². The number of likely N-dealkylation sites (tertiary alicyclic amines) is 1. The van der Waals surface area contributed by atoms with Gasteiger partial charge < -0.3 is 14.6 Å². The van der Waals surface area contributed by atoms with Crippen molar-refractivity contribution in [2.24, 2.45) is 5.92 Å². The molecule has 1 N–H and O–H groups in total. The van der Waals surface area contributed by atoms with Crippen LogP contribution < -0.4 is 5.32 Å². The highest BCUT2D eigenvalue weighted by molar-refractivity contribution is 5.91. The molecule has 0 spiro atoms. The fourth-order valence-corrected chi connectivity index (χ4v) is 2.33. The zero-order valence-electron chi connectivity index (χ0n) is 11.2. The molecule has 1 aromatic rings. The fourth-order valence-electron chi connectivity index (χ4n) is 2.33. The second-order valence-corrected chi connectivity index (χ2v) is 4.69. The maximum atomic E-state index is 12.1. The molecular formula is C12H18ClN3O4. The van der Waals surface area contributed by atoms with Gasteiger partial charge in [-0.3, -0.25) is 14.9 Å². The molecule has 1 aliphatic heterocycles. The summed E-state index contributed by atoms with van der Waals surface area (Å²) in [4.78, 5) is 23.6. The van der Waals surface area contributed by atoms with E-state index in [1.54, 1.807) is 4.90 Å². The van der Waals surface area contributed by atoms with Gasteiger partial charge in [0.05, 0.1) is 6.07 Å². The third-order valence-electron chi connectivity index (χ3n) is 3.38. The number of nitrogens with zero attached hydrogens (tertiary/aromatic N) is 2. The molecule has 1 saturated heterocycles. The van der Waals surface area contributed by atoms with Crippen molar-refractivity contribution in [1.82, 2.24) is 10.2 Å². The van der Waals surface area contributed by atoms with Crippen LogP contribution in [0.25, 0.3) is 0 Å². The molecule has 0 aromatic carbocycles. The average molecular weight is 304 g/mol. The Kier molecular flexibility index (Phi) is 5.97. The van der Waals surface area contributed by atoms with Crippen LogP contribution in [0.5, 0.6) is 0 Å². The van der Waals surface area contributed by atoms with Gasteiger partial charge in [0.25, 0.3) is 5.91 Å². The molecular weight excluding hydrogens is 286 g/mol. The number of carbonyl (C=O) groups excluding carboxylic acids is 1. The van der Waals surface area contributed by atoms with Gasteiger partial charge in [-0.15, -0.1) is 12.4 Å². The molecule has 0 radical (unpaired) electrons. The number of rotatable bonds is 4. The van der Waals surface area contributed by atoms with E-state index >= 15 is 0 Å². The van der Waals surface area contributed by atoms with E-state index in [1.807, 2.05) is 7.05 Å². The van der Waals surface area contributed by atoms with Gasteiger partial charge in [-0.1, -0.05) is 0 Å². The Hall–Kier alpha value is -1.60. The zero-order chi connectivity index (χ0) is 13.8. The monoisotopic (exact) mass is 303 g/mol. The van der Waals surface area contributed by atoms with Crippen molar-refractivity contribution in [2.45, 2.75) is 12.8 Å².